The van der Waals surface area contributed by atoms with Crippen LogP contribution in [-0.4, -0.2) is 6.54 Å². The molecule has 1 unspecified atom stereocenters. The molecule has 1 aromatic rings. The molecule has 0 saturated carbocycles. The monoisotopic (exact) mass is 189 g/mol. The summed E-state index contributed by atoms with van der Waals surface area (Å²) in [5, 5.41) is 0. The van der Waals surface area contributed by atoms with E-state index in [1.54, 1.807) is 0 Å². The second kappa shape index (κ2) is 4.58. The van der Waals surface area contributed by atoms with Crippen molar-refractivity contribution in [3.8, 4) is 0 Å². The summed E-state index contributed by atoms with van der Waals surface area (Å²) in [4.78, 5) is 0. The third-order valence-electron chi connectivity index (χ3n) is 2.75. The van der Waals surface area contributed by atoms with Crippen molar-refractivity contribution in [1.29, 1.82) is 0 Å². The Labute approximate surface area is 85.7 Å². The highest BCUT2D eigenvalue weighted by Crippen LogP contribution is 2.22. The minimum Gasteiger partial charge on any atom is -0.257 e. The lowest BCUT2D eigenvalue weighted by atomic mass is 9.98. The van der Waals surface area contributed by atoms with E-state index >= 15 is 0 Å². The quantitative estimate of drug-likeness (QED) is 0.707. The van der Waals surface area contributed by atoms with Gasteiger partial charge in [0.25, 0.3) is 0 Å². The molecule has 1 aliphatic rings. The first-order valence-corrected chi connectivity index (χ1v) is 5.27. The molecule has 1 saturated heterocycles. The van der Waals surface area contributed by atoms with Crippen LogP contribution in [0.25, 0.3) is 0 Å². The molecule has 2 heteroatoms. The van der Waals surface area contributed by atoms with Crippen molar-refractivity contribution in [3.05, 3.63) is 42.3 Å². The van der Waals surface area contributed by atoms with Crippen molar-refractivity contribution in [3.63, 3.8) is 0 Å². The standard InChI is InChI=1S/C12H17N2/c1-10-6-2-3-7-11(10)12-8-4-5-9-13-14-12/h2-3,6-7,12-14H,1,4-5,8-9H2. The zero-order valence-electron chi connectivity index (χ0n) is 8.42. The molecule has 0 spiro atoms. The fourth-order valence-corrected chi connectivity index (χ4v) is 1.94. The molecule has 0 bridgehead atoms. The summed E-state index contributed by atoms with van der Waals surface area (Å²) in [5.74, 6) is 0. The zero-order chi connectivity index (χ0) is 9.80. The highest BCUT2D eigenvalue weighted by Gasteiger charge is 2.14. The maximum Gasteiger partial charge on any atom is 0.0465 e. The van der Waals surface area contributed by atoms with Gasteiger partial charge in [-0.15, -0.1) is 0 Å². The predicted octanol–water partition coefficient (Wildman–Crippen LogP) is 2.19. The maximum absolute atomic E-state index is 4.06. The van der Waals surface area contributed by atoms with Gasteiger partial charge in [-0.05, 0) is 30.9 Å². The molecular formula is C12H17N2. The second-order valence-electron chi connectivity index (χ2n) is 3.82. The maximum atomic E-state index is 4.06. The summed E-state index contributed by atoms with van der Waals surface area (Å²) in [6.45, 7) is 5.12. The first kappa shape index (κ1) is 9.69. The van der Waals surface area contributed by atoms with E-state index < -0.39 is 0 Å². The number of benzene rings is 1. The summed E-state index contributed by atoms with van der Waals surface area (Å²) >= 11 is 0. The van der Waals surface area contributed by atoms with Crippen LogP contribution in [0.3, 0.4) is 0 Å². The summed E-state index contributed by atoms with van der Waals surface area (Å²) in [6, 6.07) is 8.77. The zero-order valence-corrected chi connectivity index (χ0v) is 8.42. The molecule has 0 aliphatic carbocycles. The first-order valence-electron chi connectivity index (χ1n) is 5.27. The molecule has 14 heavy (non-hydrogen) atoms. The summed E-state index contributed by atoms with van der Waals surface area (Å²) in [6.07, 6.45) is 3.72. The Bertz CT molecular complexity index is 288. The molecular weight excluding hydrogens is 172 g/mol. The van der Waals surface area contributed by atoms with Crippen LogP contribution in [0.2, 0.25) is 0 Å². The van der Waals surface area contributed by atoms with E-state index in [0.717, 1.165) is 12.1 Å². The van der Waals surface area contributed by atoms with Gasteiger partial charge in [0, 0.05) is 12.6 Å². The molecule has 75 valence electrons. The van der Waals surface area contributed by atoms with Crippen molar-refractivity contribution in [2.45, 2.75) is 25.3 Å². The van der Waals surface area contributed by atoms with Gasteiger partial charge in [0.2, 0.25) is 0 Å². The van der Waals surface area contributed by atoms with E-state index in [2.05, 4.69) is 36.0 Å². The van der Waals surface area contributed by atoms with Gasteiger partial charge in [0.1, 0.15) is 0 Å². The molecule has 1 radical (unpaired) electrons. The molecule has 2 N–H and O–H groups in total. The van der Waals surface area contributed by atoms with Crippen LogP contribution in [0.15, 0.2) is 24.3 Å². The molecule has 2 nitrogen and oxygen atoms in total. The van der Waals surface area contributed by atoms with Crippen LogP contribution >= 0.6 is 0 Å². The van der Waals surface area contributed by atoms with Crippen LogP contribution in [0, 0.1) is 6.92 Å². The topological polar surface area (TPSA) is 24.1 Å². The van der Waals surface area contributed by atoms with Crippen molar-refractivity contribution in [1.82, 2.24) is 10.9 Å². The average molecular weight is 189 g/mol. The Morgan fingerprint density at radius 3 is 2.93 bits per heavy atom. The lowest BCUT2D eigenvalue weighted by Crippen LogP contribution is -2.34. The molecule has 0 aromatic heterocycles. The van der Waals surface area contributed by atoms with E-state index in [1.165, 1.54) is 24.8 Å². The van der Waals surface area contributed by atoms with Crippen LogP contribution in [0.4, 0.5) is 0 Å². The number of hydrogen-bond acceptors (Lipinski definition) is 2. The fraction of sp³-hybridized carbons (Fsp3) is 0.417. The Morgan fingerprint density at radius 2 is 2.07 bits per heavy atom. The third kappa shape index (κ3) is 2.14. The Kier molecular flexibility index (Phi) is 3.17. The van der Waals surface area contributed by atoms with E-state index in [9.17, 15) is 0 Å². The van der Waals surface area contributed by atoms with Gasteiger partial charge < -0.3 is 0 Å². The van der Waals surface area contributed by atoms with Gasteiger partial charge in [0.05, 0.1) is 0 Å². The SMILES string of the molecule is [CH2]c1ccccc1C1CCCCNN1. The van der Waals surface area contributed by atoms with Crippen LogP contribution in [-0.2, 0) is 0 Å². The van der Waals surface area contributed by atoms with Gasteiger partial charge in [0.15, 0.2) is 0 Å². The second-order valence-corrected chi connectivity index (χ2v) is 3.82. The molecule has 1 heterocycles. The third-order valence-corrected chi connectivity index (χ3v) is 2.75. The van der Waals surface area contributed by atoms with E-state index in [-0.39, 0.29) is 0 Å². The van der Waals surface area contributed by atoms with E-state index in [4.69, 9.17) is 0 Å². The van der Waals surface area contributed by atoms with Crippen LogP contribution in [0.5, 0.6) is 0 Å². The van der Waals surface area contributed by atoms with Gasteiger partial charge in [-0.2, -0.15) is 0 Å². The van der Waals surface area contributed by atoms with E-state index in [0.29, 0.717) is 6.04 Å². The molecule has 2 rings (SSSR count). The van der Waals surface area contributed by atoms with Gasteiger partial charge in [-0.25, -0.2) is 0 Å². The van der Waals surface area contributed by atoms with E-state index in [1.807, 2.05) is 6.07 Å². The smallest absolute Gasteiger partial charge is 0.0465 e. The average Bonchev–Trinajstić information content (AvgIpc) is 2.47. The summed E-state index contributed by atoms with van der Waals surface area (Å²) in [7, 11) is 0. The van der Waals surface area contributed by atoms with Crippen LogP contribution < -0.4 is 10.9 Å². The van der Waals surface area contributed by atoms with Gasteiger partial charge >= 0.3 is 0 Å². The lowest BCUT2D eigenvalue weighted by molar-refractivity contribution is 0.461. The Balaban J connectivity index is 2.16. The highest BCUT2D eigenvalue weighted by molar-refractivity contribution is 5.32. The van der Waals surface area contributed by atoms with Gasteiger partial charge in [-0.1, -0.05) is 30.7 Å². The predicted molar refractivity (Wildman–Crippen MR) is 58.6 cm³/mol. The summed E-state index contributed by atoms with van der Waals surface area (Å²) < 4.78 is 0. The fourth-order valence-electron chi connectivity index (χ4n) is 1.94. The van der Waals surface area contributed by atoms with Gasteiger partial charge in [-0.3, -0.25) is 10.9 Å². The van der Waals surface area contributed by atoms with Crippen LogP contribution in [0.1, 0.15) is 36.4 Å². The largest absolute Gasteiger partial charge is 0.257 e. The number of hydrazine groups is 1. The highest BCUT2D eigenvalue weighted by atomic mass is 15.4. The molecule has 1 aliphatic heterocycles. The van der Waals surface area contributed by atoms with Crippen molar-refractivity contribution < 1.29 is 0 Å². The van der Waals surface area contributed by atoms with Crippen molar-refractivity contribution >= 4 is 0 Å². The first-order chi connectivity index (χ1) is 6.88. The Hall–Kier alpha value is -0.860. The van der Waals surface area contributed by atoms with Crippen molar-refractivity contribution in [2.75, 3.05) is 6.54 Å². The number of rotatable bonds is 1. The molecule has 1 fully saturated rings. The number of nitrogens with one attached hydrogen (secondary N) is 2. The van der Waals surface area contributed by atoms with Crippen molar-refractivity contribution in [2.24, 2.45) is 0 Å². The molecule has 1 atom stereocenters. The summed E-state index contributed by atoms with van der Waals surface area (Å²) in [5.41, 5.74) is 9.05. The molecule has 0 amide bonds. The lowest BCUT2D eigenvalue weighted by Gasteiger charge is -2.18. The molecule has 1 aromatic carbocycles. The number of hydrogen-bond donors (Lipinski definition) is 2. The minimum atomic E-state index is 0.422. The normalized spacial score (nSPS) is 23.1. The Morgan fingerprint density at radius 1 is 1.21 bits per heavy atom. The minimum absolute atomic E-state index is 0.422.